The molecule has 0 aliphatic rings. The molecule has 0 saturated heterocycles. The normalized spacial score (nSPS) is 10.9. The molecule has 0 aliphatic carbocycles. The summed E-state index contributed by atoms with van der Waals surface area (Å²) in [6.07, 6.45) is 3.67. The maximum Gasteiger partial charge on any atom is 0.0708 e. The van der Waals surface area contributed by atoms with E-state index in [9.17, 15) is 0 Å². The molecule has 1 aromatic heterocycles. The van der Waals surface area contributed by atoms with Gasteiger partial charge in [0.05, 0.1) is 5.52 Å². The molecule has 0 aliphatic heterocycles. The highest BCUT2D eigenvalue weighted by Crippen LogP contribution is 2.21. The molecule has 1 nitrogen and oxygen atoms in total. The Kier molecular flexibility index (Phi) is 3.23. The predicted octanol–water partition coefficient (Wildman–Crippen LogP) is 4.19. The van der Waals surface area contributed by atoms with Gasteiger partial charge in [-0.1, -0.05) is 25.0 Å². The van der Waals surface area contributed by atoms with E-state index in [0.717, 1.165) is 11.2 Å². The average molecular weight is 213 g/mol. The molecule has 2 rings (SSSR count). The Hall–Kier alpha value is -1.37. The van der Waals surface area contributed by atoms with Crippen molar-refractivity contribution in [1.82, 2.24) is 4.98 Å². The highest BCUT2D eigenvalue weighted by Gasteiger charge is 2.03. The van der Waals surface area contributed by atoms with Gasteiger partial charge < -0.3 is 0 Å². The van der Waals surface area contributed by atoms with E-state index in [1.807, 2.05) is 0 Å². The molecule has 1 aromatic carbocycles. The minimum absolute atomic E-state index is 1.13. The van der Waals surface area contributed by atoms with Crippen LogP contribution in [0.25, 0.3) is 10.9 Å². The van der Waals surface area contributed by atoms with Crippen LogP contribution in [0, 0.1) is 13.8 Å². The zero-order valence-electron chi connectivity index (χ0n) is 10.4. The maximum absolute atomic E-state index is 4.59. The van der Waals surface area contributed by atoms with Gasteiger partial charge in [-0.3, -0.25) is 4.98 Å². The van der Waals surface area contributed by atoms with Gasteiger partial charge in [0.15, 0.2) is 0 Å². The number of aryl methyl sites for hydroxylation is 3. The number of nitrogens with zero attached hydrogens (tertiary/aromatic N) is 1. The highest BCUT2D eigenvalue weighted by atomic mass is 14.7. The molecule has 0 atom stereocenters. The predicted molar refractivity (Wildman–Crippen MR) is 69.8 cm³/mol. The van der Waals surface area contributed by atoms with Crippen LogP contribution in [0.5, 0.6) is 0 Å². The third-order valence-corrected chi connectivity index (χ3v) is 2.98. The monoisotopic (exact) mass is 213 g/mol. The van der Waals surface area contributed by atoms with E-state index in [4.69, 9.17) is 0 Å². The number of unbranched alkanes of at least 4 members (excludes halogenated alkanes) is 1. The van der Waals surface area contributed by atoms with Gasteiger partial charge in [0.2, 0.25) is 0 Å². The molecule has 84 valence electrons. The van der Waals surface area contributed by atoms with E-state index in [1.54, 1.807) is 0 Å². The first-order valence-corrected chi connectivity index (χ1v) is 6.07. The van der Waals surface area contributed by atoms with E-state index in [0.29, 0.717) is 0 Å². The Morgan fingerprint density at radius 3 is 2.69 bits per heavy atom. The number of fused-ring (bicyclic) bond motifs is 1. The van der Waals surface area contributed by atoms with E-state index >= 15 is 0 Å². The van der Waals surface area contributed by atoms with E-state index in [1.165, 1.54) is 35.8 Å². The minimum atomic E-state index is 1.13. The first-order chi connectivity index (χ1) is 7.70. The molecule has 0 spiro atoms. The molecule has 0 amide bonds. The van der Waals surface area contributed by atoms with Crippen molar-refractivity contribution in [1.29, 1.82) is 0 Å². The SMILES string of the molecule is CCCCc1cc(C)nc2ccc(C)cc12. The summed E-state index contributed by atoms with van der Waals surface area (Å²) in [5, 5.41) is 1.33. The molecular weight excluding hydrogens is 194 g/mol. The fraction of sp³-hybridized carbons (Fsp3) is 0.400. The van der Waals surface area contributed by atoms with E-state index in [-0.39, 0.29) is 0 Å². The molecule has 0 unspecified atom stereocenters. The Labute approximate surface area is 97.5 Å². The lowest BCUT2D eigenvalue weighted by atomic mass is 10.0. The topological polar surface area (TPSA) is 12.9 Å². The van der Waals surface area contributed by atoms with Crippen molar-refractivity contribution in [3.05, 3.63) is 41.1 Å². The van der Waals surface area contributed by atoms with Crippen LogP contribution in [-0.2, 0) is 6.42 Å². The molecule has 0 bridgehead atoms. The Morgan fingerprint density at radius 1 is 1.12 bits per heavy atom. The van der Waals surface area contributed by atoms with Crippen molar-refractivity contribution in [2.45, 2.75) is 40.0 Å². The van der Waals surface area contributed by atoms with Gasteiger partial charge in [0, 0.05) is 11.1 Å². The van der Waals surface area contributed by atoms with Gasteiger partial charge in [-0.15, -0.1) is 0 Å². The summed E-state index contributed by atoms with van der Waals surface area (Å²) in [5.41, 5.74) is 5.03. The summed E-state index contributed by atoms with van der Waals surface area (Å²) in [5.74, 6) is 0. The first-order valence-electron chi connectivity index (χ1n) is 6.07. The van der Waals surface area contributed by atoms with Gasteiger partial charge in [0.25, 0.3) is 0 Å². The number of rotatable bonds is 3. The summed E-state index contributed by atoms with van der Waals surface area (Å²) in [7, 11) is 0. The Bertz CT molecular complexity index is 500. The largest absolute Gasteiger partial charge is 0.253 e. The van der Waals surface area contributed by atoms with Gasteiger partial charge in [-0.2, -0.15) is 0 Å². The summed E-state index contributed by atoms with van der Waals surface area (Å²) >= 11 is 0. The lowest BCUT2D eigenvalue weighted by Gasteiger charge is -2.08. The third kappa shape index (κ3) is 2.24. The number of benzene rings is 1. The Morgan fingerprint density at radius 2 is 1.94 bits per heavy atom. The van der Waals surface area contributed by atoms with Crippen LogP contribution in [0.3, 0.4) is 0 Å². The second kappa shape index (κ2) is 4.65. The van der Waals surface area contributed by atoms with Crippen LogP contribution in [0.1, 0.15) is 36.6 Å². The van der Waals surface area contributed by atoms with Crippen molar-refractivity contribution in [3.8, 4) is 0 Å². The molecule has 0 N–H and O–H groups in total. The quantitative estimate of drug-likeness (QED) is 0.744. The second-order valence-corrected chi connectivity index (χ2v) is 4.55. The fourth-order valence-electron chi connectivity index (χ4n) is 2.13. The van der Waals surface area contributed by atoms with Crippen molar-refractivity contribution in [2.75, 3.05) is 0 Å². The summed E-state index contributed by atoms with van der Waals surface area (Å²) in [6, 6.07) is 8.76. The van der Waals surface area contributed by atoms with Crippen LogP contribution >= 0.6 is 0 Å². The third-order valence-electron chi connectivity index (χ3n) is 2.98. The molecule has 1 heteroatoms. The van der Waals surface area contributed by atoms with Crippen molar-refractivity contribution < 1.29 is 0 Å². The van der Waals surface area contributed by atoms with Crippen LogP contribution < -0.4 is 0 Å². The zero-order chi connectivity index (χ0) is 11.5. The van der Waals surface area contributed by atoms with Gasteiger partial charge in [0.1, 0.15) is 0 Å². The molecule has 2 aromatic rings. The minimum Gasteiger partial charge on any atom is -0.253 e. The van der Waals surface area contributed by atoms with Crippen molar-refractivity contribution in [2.24, 2.45) is 0 Å². The molecule has 0 fully saturated rings. The maximum atomic E-state index is 4.59. The smallest absolute Gasteiger partial charge is 0.0708 e. The highest BCUT2D eigenvalue weighted by molar-refractivity contribution is 5.83. The molecular formula is C15H19N. The first kappa shape index (κ1) is 11.1. The fourth-order valence-corrected chi connectivity index (χ4v) is 2.13. The number of pyridine rings is 1. The standard InChI is InChI=1S/C15H19N/c1-4-5-6-13-10-12(3)16-15-8-7-11(2)9-14(13)15/h7-10H,4-6H2,1-3H3. The van der Waals surface area contributed by atoms with Gasteiger partial charge >= 0.3 is 0 Å². The van der Waals surface area contributed by atoms with Crippen LogP contribution in [0.4, 0.5) is 0 Å². The summed E-state index contributed by atoms with van der Waals surface area (Å²) < 4.78 is 0. The van der Waals surface area contributed by atoms with Crippen molar-refractivity contribution in [3.63, 3.8) is 0 Å². The lowest BCUT2D eigenvalue weighted by Crippen LogP contribution is -1.93. The summed E-state index contributed by atoms with van der Waals surface area (Å²) in [6.45, 7) is 6.46. The lowest BCUT2D eigenvalue weighted by molar-refractivity contribution is 0.797. The van der Waals surface area contributed by atoms with Gasteiger partial charge in [-0.25, -0.2) is 0 Å². The van der Waals surface area contributed by atoms with E-state index in [2.05, 4.69) is 50.0 Å². The van der Waals surface area contributed by atoms with E-state index < -0.39 is 0 Å². The van der Waals surface area contributed by atoms with Gasteiger partial charge in [-0.05, 0) is 50.5 Å². The molecule has 0 radical (unpaired) electrons. The Balaban J connectivity index is 2.55. The number of aromatic nitrogens is 1. The van der Waals surface area contributed by atoms with Crippen molar-refractivity contribution >= 4 is 10.9 Å². The zero-order valence-corrected chi connectivity index (χ0v) is 10.4. The molecule has 1 heterocycles. The van der Waals surface area contributed by atoms with Crippen LogP contribution in [0.2, 0.25) is 0 Å². The summed E-state index contributed by atoms with van der Waals surface area (Å²) in [4.78, 5) is 4.59. The van der Waals surface area contributed by atoms with Crippen LogP contribution in [0.15, 0.2) is 24.3 Å². The second-order valence-electron chi connectivity index (χ2n) is 4.55. The molecule has 0 saturated carbocycles. The average Bonchev–Trinajstić information content (AvgIpc) is 2.26. The molecule has 16 heavy (non-hydrogen) atoms. The number of hydrogen-bond acceptors (Lipinski definition) is 1. The van der Waals surface area contributed by atoms with Crippen LogP contribution in [-0.4, -0.2) is 4.98 Å². The number of hydrogen-bond donors (Lipinski definition) is 0.